The predicted molar refractivity (Wildman–Crippen MR) is 90.5 cm³/mol. The van der Waals surface area contributed by atoms with Crippen molar-refractivity contribution in [2.75, 3.05) is 0 Å². The number of rotatable bonds is 3. The van der Waals surface area contributed by atoms with Crippen LogP contribution in [0.25, 0.3) is 10.9 Å². The maximum absolute atomic E-state index is 6.03. The van der Waals surface area contributed by atoms with Crippen molar-refractivity contribution in [1.29, 1.82) is 0 Å². The molecule has 0 bridgehead atoms. The lowest BCUT2D eigenvalue weighted by Gasteiger charge is -2.19. The van der Waals surface area contributed by atoms with Gasteiger partial charge in [0.05, 0.1) is 11.6 Å². The van der Waals surface area contributed by atoms with E-state index >= 15 is 0 Å². The highest BCUT2D eigenvalue weighted by Crippen LogP contribution is 2.29. The van der Waals surface area contributed by atoms with Gasteiger partial charge in [0.1, 0.15) is 12.7 Å². The molecule has 0 saturated carbocycles. The number of hydrogen-bond acceptors (Lipinski definition) is 3. The van der Waals surface area contributed by atoms with E-state index in [0.29, 0.717) is 0 Å². The Morgan fingerprint density at radius 3 is 2.39 bits per heavy atom. The Balaban J connectivity index is 1.88. The summed E-state index contributed by atoms with van der Waals surface area (Å²) in [6.07, 6.45) is 5.26. The van der Waals surface area contributed by atoms with Crippen molar-refractivity contribution in [3.8, 4) is 0 Å². The van der Waals surface area contributed by atoms with Gasteiger partial charge in [-0.05, 0) is 41.5 Å². The van der Waals surface area contributed by atoms with Crippen molar-refractivity contribution in [2.24, 2.45) is 0 Å². The fourth-order valence-electron chi connectivity index (χ4n) is 2.79. The Morgan fingerprint density at radius 1 is 0.870 bits per heavy atom. The second-order valence-electron chi connectivity index (χ2n) is 5.32. The van der Waals surface area contributed by atoms with Crippen molar-refractivity contribution in [3.05, 3.63) is 89.6 Å². The van der Waals surface area contributed by atoms with Crippen LogP contribution in [0.5, 0.6) is 0 Å². The average Bonchev–Trinajstić information content (AvgIpc) is 3.11. The van der Waals surface area contributed by atoms with E-state index in [-0.39, 0.29) is 6.04 Å². The zero-order valence-electron chi connectivity index (χ0n) is 12.2. The van der Waals surface area contributed by atoms with Crippen LogP contribution in [0.3, 0.4) is 0 Å². The zero-order valence-corrected chi connectivity index (χ0v) is 12.9. The minimum atomic E-state index is -0.00753. The molecule has 4 aromatic rings. The summed E-state index contributed by atoms with van der Waals surface area (Å²) in [6.45, 7) is 0. The van der Waals surface area contributed by atoms with E-state index in [1.807, 2.05) is 41.0 Å². The lowest BCUT2D eigenvalue weighted by molar-refractivity contribution is 0.675. The maximum Gasteiger partial charge on any atom is 0.120 e. The summed E-state index contributed by atoms with van der Waals surface area (Å²) in [4.78, 5) is 4.38. The van der Waals surface area contributed by atoms with Gasteiger partial charge in [-0.1, -0.05) is 35.9 Å². The van der Waals surface area contributed by atoms with E-state index in [1.54, 1.807) is 18.9 Å². The monoisotopic (exact) mass is 320 g/mol. The van der Waals surface area contributed by atoms with E-state index in [2.05, 4.69) is 33.4 Å². The van der Waals surface area contributed by atoms with Gasteiger partial charge in [-0.2, -0.15) is 0 Å². The molecule has 0 radical (unpaired) electrons. The minimum Gasteiger partial charge on any atom is -0.308 e. The maximum atomic E-state index is 6.03. The molecule has 4 rings (SSSR count). The van der Waals surface area contributed by atoms with Crippen LogP contribution >= 0.6 is 11.6 Å². The Bertz CT molecular complexity index is 933. The molecule has 1 atom stereocenters. The van der Waals surface area contributed by atoms with Crippen LogP contribution in [0.2, 0.25) is 5.02 Å². The number of aromatic nitrogens is 4. The second-order valence-corrected chi connectivity index (χ2v) is 5.76. The van der Waals surface area contributed by atoms with Crippen molar-refractivity contribution in [2.45, 2.75) is 6.04 Å². The number of benzene rings is 2. The van der Waals surface area contributed by atoms with E-state index in [4.69, 9.17) is 11.6 Å². The first-order chi connectivity index (χ1) is 11.3. The van der Waals surface area contributed by atoms with Gasteiger partial charge < -0.3 is 4.57 Å². The molecule has 0 N–H and O–H groups in total. The summed E-state index contributed by atoms with van der Waals surface area (Å²) in [5.74, 6) is 0. The van der Waals surface area contributed by atoms with Gasteiger partial charge in [0.2, 0.25) is 0 Å². The summed E-state index contributed by atoms with van der Waals surface area (Å²) in [5, 5.41) is 9.73. The lowest BCUT2D eigenvalue weighted by atomic mass is 9.97. The smallest absolute Gasteiger partial charge is 0.120 e. The standard InChI is InChI=1S/C18H13ClN4/c19-16-6-3-13(4-7-16)18(23-11-21-22-12-23)15-5-8-17-14(10-15)2-1-9-20-17/h1-12,18H. The molecule has 5 heteroatoms. The summed E-state index contributed by atoms with van der Waals surface area (Å²) in [7, 11) is 0. The Hall–Kier alpha value is -2.72. The summed E-state index contributed by atoms with van der Waals surface area (Å²) >= 11 is 6.03. The van der Waals surface area contributed by atoms with Crippen molar-refractivity contribution in [1.82, 2.24) is 19.7 Å². The van der Waals surface area contributed by atoms with Crippen LogP contribution in [0.15, 0.2) is 73.4 Å². The van der Waals surface area contributed by atoms with Gasteiger partial charge in [-0.25, -0.2) is 0 Å². The molecule has 0 saturated heterocycles. The fourth-order valence-corrected chi connectivity index (χ4v) is 2.91. The third kappa shape index (κ3) is 2.69. The first-order valence-corrected chi connectivity index (χ1v) is 7.63. The minimum absolute atomic E-state index is 0.00753. The largest absolute Gasteiger partial charge is 0.308 e. The molecule has 2 aromatic heterocycles. The van der Waals surface area contributed by atoms with Crippen molar-refractivity contribution >= 4 is 22.5 Å². The summed E-state index contributed by atoms with van der Waals surface area (Å²) in [5.41, 5.74) is 3.25. The first kappa shape index (κ1) is 13.9. The Kier molecular flexibility index (Phi) is 3.52. The van der Waals surface area contributed by atoms with Crippen molar-refractivity contribution < 1.29 is 0 Å². The molecule has 2 aromatic carbocycles. The molecule has 112 valence electrons. The first-order valence-electron chi connectivity index (χ1n) is 7.25. The van der Waals surface area contributed by atoms with Gasteiger partial charge in [0.15, 0.2) is 0 Å². The number of fused-ring (bicyclic) bond motifs is 1. The lowest BCUT2D eigenvalue weighted by Crippen LogP contribution is -2.10. The third-order valence-corrected chi connectivity index (χ3v) is 4.12. The molecule has 4 nitrogen and oxygen atoms in total. The van der Waals surface area contributed by atoms with Crippen LogP contribution < -0.4 is 0 Å². The van der Waals surface area contributed by atoms with Gasteiger partial charge >= 0.3 is 0 Å². The summed E-state index contributed by atoms with van der Waals surface area (Å²) < 4.78 is 1.99. The highest BCUT2D eigenvalue weighted by Gasteiger charge is 2.16. The van der Waals surface area contributed by atoms with Gasteiger partial charge in [-0.3, -0.25) is 4.98 Å². The third-order valence-electron chi connectivity index (χ3n) is 3.86. The molecule has 23 heavy (non-hydrogen) atoms. The highest BCUT2D eigenvalue weighted by molar-refractivity contribution is 6.30. The molecule has 0 fully saturated rings. The molecule has 0 amide bonds. The number of halogens is 1. The molecule has 0 aliphatic carbocycles. The van der Waals surface area contributed by atoms with E-state index in [0.717, 1.165) is 27.1 Å². The fraction of sp³-hybridized carbons (Fsp3) is 0.0556. The summed E-state index contributed by atoms with van der Waals surface area (Å²) in [6, 6.07) is 18.1. The number of hydrogen-bond donors (Lipinski definition) is 0. The molecule has 1 unspecified atom stereocenters. The molecule has 2 heterocycles. The number of pyridine rings is 1. The topological polar surface area (TPSA) is 43.6 Å². The SMILES string of the molecule is Clc1ccc(C(c2ccc3ncccc3c2)n2cnnc2)cc1. The van der Waals surface area contributed by atoms with Crippen LogP contribution in [0.4, 0.5) is 0 Å². The van der Waals surface area contributed by atoms with E-state index in [9.17, 15) is 0 Å². The van der Waals surface area contributed by atoms with Gasteiger partial charge in [0, 0.05) is 16.6 Å². The van der Waals surface area contributed by atoms with E-state index < -0.39 is 0 Å². The molecule has 0 spiro atoms. The van der Waals surface area contributed by atoms with Crippen LogP contribution in [0, 0.1) is 0 Å². The molecular formula is C18H13ClN4. The highest BCUT2D eigenvalue weighted by atomic mass is 35.5. The Morgan fingerprint density at radius 2 is 1.61 bits per heavy atom. The van der Waals surface area contributed by atoms with Gasteiger partial charge in [0.25, 0.3) is 0 Å². The molecule has 0 aliphatic heterocycles. The normalized spacial score (nSPS) is 12.4. The van der Waals surface area contributed by atoms with Gasteiger partial charge in [-0.15, -0.1) is 10.2 Å². The average molecular weight is 321 g/mol. The van der Waals surface area contributed by atoms with Crippen LogP contribution in [0.1, 0.15) is 17.2 Å². The quantitative estimate of drug-likeness (QED) is 0.570. The van der Waals surface area contributed by atoms with E-state index in [1.165, 1.54) is 0 Å². The van der Waals surface area contributed by atoms with Crippen LogP contribution in [-0.2, 0) is 0 Å². The van der Waals surface area contributed by atoms with Crippen molar-refractivity contribution in [3.63, 3.8) is 0 Å². The molecule has 0 aliphatic rings. The number of nitrogens with zero attached hydrogens (tertiary/aromatic N) is 4. The second kappa shape index (κ2) is 5.82. The van der Waals surface area contributed by atoms with Crippen LogP contribution in [-0.4, -0.2) is 19.7 Å². The zero-order chi connectivity index (χ0) is 15.6. The predicted octanol–water partition coefficient (Wildman–Crippen LogP) is 4.12. The Labute approximate surface area is 138 Å². The molecular weight excluding hydrogens is 308 g/mol.